The first-order valence-electron chi connectivity index (χ1n) is 6.45. The number of carbonyl (C=O) groups is 1. The minimum absolute atomic E-state index is 0.180. The van der Waals surface area contributed by atoms with Gasteiger partial charge in [-0.3, -0.25) is 9.10 Å². The topological polar surface area (TPSA) is 66.5 Å². The van der Waals surface area contributed by atoms with Gasteiger partial charge in [0.2, 0.25) is 15.9 Å². The van der Waals surface area contributed by atoms with Crippen molar-refractivity contribution in [3.05, 3.63) is 29.8 Å². The van der Waals surface area contributed by atoms with Gasteiger partial charge in [0.25, 0.3) is 0 Å². The summed E-state index contributed by atoms with van der Waals surface area (Å²) in [5, 5.41) is 2.57. The van der Waals surface area contributed by atoms with E-state index in [4.69, 9.17) is 0 Å². The molecule has 21 heavy (non-hydrogen) atoms. The van der Waals surface area contributed by atoms with Crippen molar-refractivity contribution < 1.29 is 22.0 Å². The van der Waals surface area contributed by atoms with Gasteiger partial charge in [-0.1, -0.05) is 13.0 Å². The van der Waals surface area contributed by atoms with Gasteiger partial charge >= 0.3 is 0 Å². The van der Waals surface area contributed by atoms with E-state index in [1.807, 2.05) is 6.92 Å². The van der Waals surface area contributed by atoms with Crippen LogP contribution in [0.1, 0.15) is 19.8 Å². The number of para-hydroxylation sites is 1. The summed E-state index contributed by atoms with van der Waals surface area (Å²) >= 11 is 0. The number of benzene rings is 1. The van der Waals surface area contributed by atoms with Gasteiger partial charge in [0.05, 0.1) is 6.26 Å². The quantitative estimate of drug-likeness (QED) is 0.831. The van der Waals surface area contributed by atoms with Crippen molar-refractivity contribution >= 4 is 21.6 Å². The maximum atomic E-state index is 13.7. The maximum Gasteiger partial charge on any atom is 0.232 e. The zero-order valence-corrected chi connectivity index (χ0v) is 12.7. The number of carbonyl (C=O) groups excluding carboxylic acids is 1. The lowest BCUT2D eigenvalue weighted by atomic mass is 10.2. The third kappa shape index (κ3) is 4.96. The molecule has 0 aliphatic heterocycles. The molecule has 0 unspecified atom stereocenters. The fraction of sp³-hybridized carbons (Fsp3) is 0.462. The second-order valence-corrected chi connectivity index (χ2v) is 6.41. The molecule has 118 valence electrons. The SMILES string of the molecule is CCCNC(=O)CCN(c1c(F)cccc1F)S(C)(=O)=O. The first-order valence-corrected chi connectivity index (χ1v) is 8.30. The van der Waals surface area contributed by atoms with Crippen LogP contribution in [0.5, 0.6) is 0 Å². The molecule has 0 saturated heterocycles. The Morgan fingerprint density at radius 3 is 2.33 bits per heavy atom. The summed E-state index contributed by atoms with van der Waals surface area (Å²) < 4.78 is 51.4. The van der Waals surface area contributed by atoms with Crippen LogP contribution in [0.25, 0.3) is 0 Å². The van der Waals surface area contributed by atoms with Crippen LogP contribution in [0.2, 0.25) is 0 Å². The molecular weight excluding hydrogens is 302 g/mol. The van der Waals surface area contributed by atoms with Crippen LogP contribution < -0.4 is 9.62 Å². The average molecular weight is 320 g/mol. The number of rotatable bonds is 7. The van der Waals surface area contributed by atoms with Crippen LogP contribution in [0, 0.1) is 11.6 Å². The van der Waals surface area contributed by atoms with E-state index in [0.717, 1.165) is 30.9 Å². The van der Waals surface area contributed by atoms with Crippen LogP contribution in [0.15, 0.2) is 18.2 Å². The molecule has 1 aromatic carbocycles. The van der Waals surface area contributed by atoms with Gasteiger partial charge in [0, 0.05) is 19.5 Å². The Balaban J connectivity index is 2.96. The number of hydrogen-bond donors (Lipinski definition) is 1. The summed E-state index contributed by atoms with van der Waals surface area (Å²) in [5.74, 6) is -2.36. The van der Waals surface area contributed by atoms with E-state index >= 15 is 0 Å². The standard InChI is InChI=1S/C13H18F2N2O3S/c1-3-8-16-12(18)7-9-17(21(2,19)20)13-10(14)5-4-6-11(13)15/h4-6H,3,7-9H2,1-2H3,(H,16,18). The predicted molar refractivity (Wildman–Crippen MR) is 76.5 cm³/mol. The molecule has 0 aliphatic carbocycles. The van der Waals surface area contributed by atoms with E-state index in [1.165, 1.54) is 0 Å². The molecule has 1 aromatic rings. The van der Waals surface area contributed by atoms with Gasteiger partial charge in [-0.05, 0) is 18.6 Å². The monoisotopic (exact) mass is 320 g/mol. The van der Waals surface area contributed by atoms with E-state index in [1.54, 1.807) is 0 Å². The Morgan fingerprint density at radius 2 is 1.86 bits per heavy atom. The van der Waals surface area contributed by atoms with Crippen molar-refractivity contribution in [3.8, 4) is 0 Å². The Labute approximate surface area is 123 Å². The summed E-state index contributed by atoms with van der Waals surface area (Å²) in [5.41, 5.74) is -0.664. The van der Waals surface area contributed by atoms with E-state index in [2.05, 4.69) is 5.32 Å². The van der Waals surface area contributed by atoms with Crippen LogP contribution >= 0.6 is 0 Å². The number of sulfonamides is 1. The van der Waals surface area contributed by atoms with Gasteiger partial charge in [0.15, 0.2) is 11.6 Å². The Kier molecular flexibility index (Phi) is 6.07. The average Bonchev–Trinajstić information content (AvgIpc) is 2.38. The summed E-state index contributed by atoms with van der Waals surface area (Å²) in [7, 11) is -3.91. The molecule has 1 amide bonds. The van der Waals surface area contributed by atoms with Gasteiger partial charge in [-0.2, -0.15) is 0 Å². The third-order valence-corrected chi connectivity index (χ3v) is 3.87. The Bertz CT molecular complexity index is 585. The number of halogens is 2. The van der Waals surface area contributed by atoms with Crippen molar-refractivity contribution in [2.75, 3.05) is 23.7 Å². The molecule has 0 fully saturated rings. The lowest BCUT2D eigenvalue weighted by Crippen LogP contribution is -2.36. The highest BCUT2D eigenvalue weighted by Gasteiger charge is 2.24. The number of nitrogens with zero attached hydrogens (tertiary/aromatic N) is 1. The summed E-state index contributed by atoms with van der Waals surface area (Å²) in [6.45, 7) is 2.01. The molecule has 5 nitrogen and oxygen atoms in total. The predicted octanol–water partition coefficient (Wildman–Crippen LogP) is 1.65. The van der Waals surface area contributed by atoms with Crippen LogP contribution in [0.4, 0.5) is 14.5 Å². The Morgan fingerprint density at radius 1 is 1.29 bits per heavy atom. The molecule has 0 aliphatic rings. The lowest BCUT2D eigenvalue weighted by Gasteiger charge is -2.23. The molecule has 1 rings (SSSR count). The number of anilines is 1. The van der Waals surface area contributed by atoms with Gasteiger partial charge in [0.1, 0.15) is 5.69 Å². The molecule has 0 atom stereocenters. The number of hydrogen-bond acceptors (Lipinski definition) is 3. The normalized spacial score (nSPS) is 11.2. The largest absolute Gasteiger partial charge is 0.356 e. The molecular formula is C13H18F2N2O3S. The zero-order valence-electron chi connectivity index (χ0n) is 11.9. The van der Waals surface area contributed by atoms with E-state index < -0.39 is 27.3 Å². The van der Waals surface area contributed by atoms with Crippen molar-refractivity contribution in [3.63, 3.8) is 0 Å². The molecule has 0 saturated carbocycles. The van der Waals surface area contributed by atoms with Crippen LogP contribution in [-0.2, 0) is 14.8 Å². The minimum atomic E-state index is -3.91. The zero-order chi connectivity index (χ0) is 16.0. The highest BCUT2D eigenvalue weighted by atomic mass is 32.2. The summed E-state index contributed by atoms with van der Waals surface area (Å²) in [6, 6.07) is 3.07. The summed E-state index contributed by atoms with van der Waals surface area (Å²) in [6.07, 6.45) is 1.40. The first-order chi connectivity index (χ1) is 9.77. The molecule has 8 heteroatoms. The van der Waals surface area contributed by atoms with Crippen LogP contribution in [-0.4, -0.2) is 33.7 Å². The number of nitrogens with one attached hydrogen (secondary N) is 1. The smallest absolute Gasteiger partial charge is 0.232 e. The summed E-state index contributed by atoms with van der Waals surface area (Å²) in [4.78, 5) is 11.5. The first kappa shape index (κ1) is 17.4. The molecule has 0 bridgehead atoms. The fourth-order valence-corrected chi connectivity index (χ4v) is 2.66. The number of amides is 1. The van der Waals surface area contributed by atoms with Crippen molar-refractivity contribution in [1.29, 1.82) is 0 Å². The van der Waals surface area contributed by atoms with Crippen molar-refractivity contribution in [2.24, 2.45) is 0 Å². The Hall–Kier alpha value is -1.70. The highest BCUT2D eigenvalue weighted by molar-refractivity contribution is 7.92. The third-order valence-electron chi connectivity index (χ3n) is 2.70. The molecule has 0 radical (unpaired) electrons. The molecule has 0 heterocycles. The minimum Gasteiger partial charge on any atom is -0.356 e. The molecule has 1 N–H and O–H groups in total. The van der Waals surface area contributed by atoms with E-state index in [9.17, 15) is 22.0 Å². The van der Waals surface area contributed by atoms with Crippen molar-refractivity contribution in [2.45, 2.75) is 19.8 Å². The van der Waals surface area contributed by atoms with E-state index in [0.29, 0.717) is 10.8 Å². The maximum absolute atomic E-state index is 13.7. The molecule has 0 spiro atoms. The van der Waals surface area contributed by atoms with Crippen LogP contribution in [0.3, 0.4) is 0 Å². The van der Waals surface area contributed by atoms with E-state index in [-0.39, 0.29) is 18.9 Å². The fourth-order valence-electron chi connectivity index (χ4n) is 1.73. The van der Waals surface area contributed by atoms with Gasteiger partial charge in [-0.15, -0.1) is 0 Å². The highest BCUT2D eigenvalue weighted by Crippen LogP contribution is 2.25. The molecule has 0 aromatic heterocycles. The second kappa shape index (κ2) is 7.35. The van der Waals surface area contributed by atoms with Gasteiger partial charge in [-0.25, -0.2) is 17.2 Å². The lowest BCUT2D eigenvalue weighted by molar-refractivity contribution is -0.120. The van der Waals surface area contributed by atoms with Gasteiger partial charge < -0.3 is 5.32 Å². The second-order valence-electron chi connectivity index (χ2n) is 4.51. The van der Waals surface area contributed by atoms with Crippen molar-refractivity contribution in [1.82, 2.24) is 5.32 Å².